The Balaban J connectivity index is 2.24. The molecular formula is C13H14ClFN2. The van der Waals surface area contributed by atoms with Crippen LogP contribution in [0.25, 0.3) is 0 Å². The van der Waals surface area contributed by atoms with Gasteiger partial charge in [0.25, 0.3) is 0 Å². The summed E-state index contributed by atoms with van der Waals surface area (Å²) < 4.78 is 13.6. The average Bonchev–Trinajstić information content (AvgIpc) is 2.32. The van der Waals surface area contributed by atoms with Crippen molar-refractivity contribution in [3.05, 3.63) is 46.4 Å². The smallest absolute Gasteiger partial charge is 0.135 e. The molecule has 0 amide bonds. The van der Waals surface area contributed by atoms with E-state index in [1.807, 2.05) is 6.20 Å². The van der Waals surface area contributed by atoms with Crippen molar-refractivity contribution in [2.45, 2.75) is 13.8 Å². The zero-order valence-corrected chi connectivity index (χ0v) is 10.6. The predicted molar refractivity (Wildman–Crippen MR) is 68.9 cm³/mol. The van der Waals surface area contributed by atoms with E-state index in [-0.39, 0.29) is 5.82 Å². The van der Waals surface area contributed by atoms with E-state index in [2.05, 4.69) is 24.2 Å². The van der Waals surface area contributed by atoms with Gasteiger partial charge in [0.15, 0.2) is 0 Å². The first-order valence-electron chi connectivity index (χ1n) is 5.53. The van der Waals surface area contributed by atoms with Crippen LogP contribution in [0.5, 0.6) is 0 Å². The highest BCUT2D eigenvalue weighted by Gasteiger charge is 2.14. The van der Waals surface area contributed by atoms with Crippen LogP contribution in [0.15, 0.2) is 35.0 Å². The van der Waals surface area contributed by atoms with Gasteiger partial charge in [-0.2, -0.15) is 0 Å². The Bertz CT molecular complexity index is 492. The maximum atomic E-state index is 13.6. The number of hydrogen-bond acceptors (Lipinski definition) is 2. The number of halogens is 2. The van der Waals surface area contributed by atoms with Crippen molar-refractivity contribution in [3.63, 3.8) is 0 Å². The first-order chi connectivity index (χ1) is 8.08. The maximum Gasteiger partial charge on any atom is 0.135 e. The minimum atomic E-state index is -0.318. The molecule has 0 radical (unpaired) electrons. The van der Waals surface area contributed by atoms with E-state index in [9.17, 15) is 4.39 Å². The molecule has 0 unspecified atom stereocenters. The molecule has 1 heterocycles. The molecule has 1 N–H and O–H groups in total. The monoisotopic (exact) mass is 252 g/mol. The molecule has 0 aliphatic carbocycles. The number of nitrogens with one attached hydrogen (secondary N) is 1. The van der Waals surface area contributed by atoms with Crippen molar-refractivity contribution in [3.8, 4) is 0 Å². The zero-order valence-electron chi connectivity index (χ0n) is 9.80. The second-order valence-electron chi connectivity index (χ2n) is 4.31. The van der Waals surface area contributed by atoms with Crippen molar-refractivity contribution in [2.24, 2.45) is 10.9 Å². The molecule has 2 nitrogen and oxygen atoms in total. The lowest BCUT2D eigenvalue weighted by atomic mass is 10.0. The van der Waals surface area contributed by atoms with E-state index in [0.717, 1.165) is 0 Å². The highest BCUT2D eigenvalue weighted by Crippen LogP contribution is 2.18. The fraction of sp³-hybridized carbons (Fsp3) is 0.308. The Morgan fingerprint density at radius 2 is 2.18 bits per heavy atom. The molecule has 1 aliphatic heterocycles. The van der Waals surface area contributed by atoms with E-state index in [1.54, 1.807) is 6.07 Å². The van der Waals surface area contributed by atoms with Crippen LogP contribution in [0.2, 0.25) is 5.02 Å². The van der Waals surface area contributed by atoms with E-state index in [4.69, 9.17) is 11.6 Å². The normalized spacial score (nSPS) is 15.4. The Morgan fingerprint density at radius 3 is 2.76 bits per heavy atom. The molecule has 2 rings (SSSR count). The molecule has 1 aliphatic rings. The van der Waals surface area contributed by atoms with Gasteiger partial charge < -0.3 is 5.32 Å². The van der Waals surface area contributed by atoms with Crippen LogP contribution in [-0.2, 0) is 0 Å². The molecule has 4 heteroatoms. The van der Waals surface area contributed by atoms with Crippen molar-refractivity contribution in [1.82, 2.24) is 5.32 Å². The third-order valence-corrected chi connectivity index (χ3v) is 2.97. The van der Waals surface area contributed by atoms with Gasteiger partial charge in [-0.15, -0.1) is 0 Å². The SMILES string of the molecule is CC(C)C1=CNC(c2cc(Cl)ccc2F)=NC1. The first kappa shape index (κ1) is 12.1. The van der Waals surface area contributed by atoms with Gasteiger partial charge in [0.05, 0.1) is 12.1 Å². The lowest BCUT2D eigenvalue weighted by molar-refractivity contribution is 0.624. The van der Waals surface area contributed by atoms with Crippen LogP contribution in [0.1, 0.15) is 19.4 Å². The van der Waals surface area contributed by atoms with Gasteiger partial charge in [-0.3, -0.25) is 4.99 Å². The molecule has 0 atom stereocenters. The summed E-state index contributed by atoms with van der Waals surface area (Å²) in [4.78, 5) is 4.34. The molecular weight excluding hydrogens is 239 g/mol. The Kier molecular flexibility index (Phi) is 3.48. The highest BCUT2D eigenvalue weighted by molar-refractivity contribution is 6.31. The van der Waals surface area contributed by atoms with Gasteiger partial charge in [0, 0.05) is 11.2 Å². The summed E-state index contributed by atoms with van der Waals surface area (Å²) in [6.45, 7) is 4.81. The first-order valence-corrected chi connectivity index (χ1v) is 5.91. The third kappa shape index (κ3) is 2.67. The van der Waals surface area contributed by atoms with Gasteiger partial charge in [-0.05, 0) is 29.7 Å². The standard InChI is InChI=1S/C13H14ClFN2/c1-8(2)9-6-16-13(17-7-9)11-5-10(14)3-4-12(11)15/h3-6,8H,7H2,1-2H3,(H,16,17). The Hall–Kier alpha value is -1.35. The fourth-order valence-electron chi connectivity index (χ4n) is 1.61. The summed E-state index contributed by atoms with van der Waals surface area (Å²) in [5, 5.41) is 3.53. The quantitative estimate of drug-likeness (QED) is 0.858. The second kappa shape index (κ2) is 4.88. The minimum absolute atomic E-state index is 0.318. The van der Waals surface area contributed by atoms with Gasteiger partial charge in [0.1, 0.15) is 11.7 Å². The Morgan fingerprint density at radius 1 is 1.41 bits per heavy atom. The van der Waals surface area contributed by atoms with Crippen LogP contribution in [0.4, 0.5) is 4.39 Å². The highest BCUT2D eigenvalue weighted by atomic mass is 35.5. The summed E-state index contributed by atoms with van der Waals surface area (Å²) in [5.41, 5.74) is 1.62. The van der Waals surface area contributed by atoms with E-state index in [0.29, 0.717) is 28.9 Å². The number of benzene rings is 1. The molecule has 17 heavy (non-hydrogen) atoms. The summed E-state index contributed by atoms with van der Waals surface area (Å²) >= 11 is 5.85. The second-order valence-corrected chi connectivity index (χ2v) is 4.74. The number of amidine groups is 1. The van der Waals surface area contributed by atoms with Crippen molar-refractivity contribution >= 4 is 17.4 Å². The van der Waals surface area contributed by atoms with Crippen molar-refractivity contribution < 1.29 is 4.39 Å². The molecule has 0 fully saturated rings. The summed E-state index contributed by atoms with van der Waals surface area (Å²) in [7, 11) is 0. The maximum absolute atomic E-state index is 13.6. The van der Waals surface area contributed by atoms with Gasteiger partial charge in [0.2, 0.25) is 0 Å². The van der Waals surface area contributed by atoms with Crippen LogP contribution in [0, 0.1) is 11.7 Å². The molecule has 90 valence electrons. The lowest BCUT2D eigenvalue weighted by Gasteiger charge is -2.17. The number of nitrogens with zero attached hydrogens (tertiary/aromatic N) is 1. The van der Waals surface area contributed by atoms with Crippen molar-refractivity contribution in [1.29, 1.82) is 0 Å². The molecule has 1 aromatic carbocycles. The largest absolute Gasteiger partial charge is 0.346 e. The van der Waals surface area contributed by atoms with Crippen LogP contribution in [0.3, 0.4) is 0 Å². The summed E-state index contributed by atoms with van der Waals surface area (Å²) in [6, 6.07) is 4.46. The summed E-state index contributed by atoms with van der Waals surface area (Å²) in [6.07, 6.45) is 1.90. The van der Waals surface area contributed by atoms with E-state index in [1.165, 1.54) is 17.7 Å². The van der Waals surface area contributed by atoms with E-state index >= 15 is 0 Å². The molecule has 0 saturated carbocycles. The van der Waals surface area contributed by atoms with Gasteiger partial charge in [-0.1, -0.05) is 25.4 Å². The predicted octanol–water partition coefficient (Wildman–Crippen LogP) is 3.37. The van der Waals surface area contributed by atoms with Gasteiger partial charge >= 0.3 is 0 Å². The summed E-state index contributed by atoms with van der Waals surface area (Å²) in [5.74, 6) is 0.661. The van der Waals surface area contributed by atoms with E-state index < -0.39 is 0 Å². The fourth-order valence-corrected chi connectivity index (χ4v) is 1.79. The number of hydrogen-bond donors (Lipinski definition) is 1. The lowest BCUT2D eigenvalue weighted by Crippen LogP contribution is -2.26. The minimum Gasteiger partial charge on any atom is -0.346 e. The Labute approximate surface area is 105 Å². The molecule has 0 bridgehead atoms. The van der Waals surface area contributed by atoms with Crippen molar-refractivity contribution in [2.75, 3.05) is 6.54 Å². The molecule has 0 saturated heterocycles. The molecule has 0 spiro atoms. The third-order valence-electron chi connectivity index (χ3n) is 2.74. The number of aliphatic imine (C=N–C) groups is 1. The zero-order chi connectivity index (χ0) is 12.4. The number of rotatable bonds is 2. The van der Waals surface area contributed by atoms with Gasteiger partial charge in [-0.25, -0.2) is 4.39 Å². The van der Waals surface area contributed by atoms with Crippen LogP contribution < -0.4 is 5.32 Å². The average molecular weight is 253 g/mol. The molecule has 1 aromatic rings. The van der Waals surface area contributed by atoms with Crippen LogP contribution in [-0.4, -0.2) is 12.4 Å². The topological polar surface area (TPSA) is 24.4 Å². The molecule has 0 aromatic heterocycles. The van der Waals surface area contributed by atoms with Crippen LogP contribution >= 0.6 is 11.6 Å².